The molecule has 0 aliphatic carbocycles. The molecule has 47 heavy (non-hydrogen) atoms. The Kier molecular flexibility index (Phi) is 9.94. The number of H-pyrrole nitrogens is 2. The molecular formula is C37H46N6O4. The quantitative estimate of drug-likeness (QED) is 0.198. The third-order valence-corrected chi connectivity index (χ3v) is 7.66. The SMILES string of the molecule is CCCCN(Cc1nc(C#Cc2ccc(-c3ccc4[nH]c([C@@H]5CCCN5C(=O)OC(C)(C)C)nc4c3)cc2)c[nH]1)C(=O)OC(C)(C)C. The van der Waals surface area contributed by atoms with Crippen LogP contribution in [0.3, 0.4) is 0 Å². The number of carbonyl (C=O) groups excluding carboxylic acids is 2. The fourth-order valence-electron chi connectivity index (χ4n) is 5.43. The average Bonchev–Trinajstić information content (AvgIpc) is 3.76. The Balaban J connectivity index is 1.24. The molecule has 1 aliphatic heterocycles. The number of hydrogen-bond acceptors (Lipinski definition) is 6. The first-order chi connectivity index (χ1) is 22.3. The summed E-state index contributed by atoms with van der Waals surface area (Å²) >= 11 is 0. The van der Waals surface area contributed by atoms with Crippen molar-refractivity contribution < 1.29 is 19.1 Å². The molecule has 10 heteroatoms. The molecule has 1 fully saturated rings. The van der Waals surface area contributed by atoms with Crippen LogP contribution in [-0.2, 0) is 16.0 Å². The number of fused-ring (bicyclic) bond motifs is 1. The number of aromatic amines is 2. The molecule has 0 saturated carbocycles. The van der Waals surface area contributed by atoms with Gasteiger partial charge >= 0.3 is 12.2 Å². The van der Waals surface area contributed by atoms with Crippen molar-refractivity contribution in [3.8, 4) is 23.0 Å². The maximum atomic E-state index is 12.8. The Morgan fingerprint density at radius 2 is 1.70 bits per heavy atom. The molecule has 0 unspecified atom stereocenters. The van der Waals surface area contributed by atoms with Gasteiger partial charge in [0, 0.05) is 24.8 Å². The van der Waals surface area contributed by atoms with Gasteiger partial charge in [0.2, 0.25) is 0 Å². The fourth-order valence-corrected chi connectivity index (χ4v) is 5.43. The van der Waals surface area contributed by atoms with Crippen molar-refractivity contribution in [1.82, 2.24) is 29.7 Å². The average molecular weight is 639 g/mol. The maximum absolute atomic E-state index is 12.8. The number of amides is 2. The van der Waals surface area contributed by atoms with Crippen molar-refractivity contribution in [2.75, 3.05) is 13.1 Å². The summed E-state index contributed by atoms with van der Waals surface area (Å²) in [4.78, 5) is 45.0. The van der Waals surface area contributed by atoms with Crippen molar-refractivity contribution >= 4 is 23.2 Å². The number of nitrogens with one attached hydrogen (secondary N) is 2. The lowest BCUT2D eigenvalue weighted by Gasteiger charge is -2.27. The van der Waals surface area contributed by atoms with Gasteiger partial charge in [0.1, 0.15) is 28.5 Å². The molecule has 248 valence electrons. The lowest BCUT2D eigenvalue weighted by molar-refractivity contribution is 0.0212. The molecular weight excluding hydrogens is 592 g/mol. The number of likely N-dealkylation sites (tertiary alicyclic amines) is 1. The van der Waals surface area contributed by atoms with Crippen LogP contribution in [0.1, 0.15) is 103 Å². The molecule has 2 aromatic carbocycles. The summed E-state index contributed by atoms with van der Waals surface area (Å²) in [5, 5.41) is 0. The zero-order valence-electron chi connectivity index (χ0n) is 28.6. The van der Waals surface area contributed by atoms with Crippen LogP contribution in [0.15, 0.2) is 48.7 Å². The number of aromatic nitrogens is 4. The highest BCUT2D eigenvalue weighted by Gasteiger charge is 2.35. The third kappa shape index (κ3) is 8.94. The van der Waals surface area contributed by atoms with E-state index in [1.807, 2.05) is 71.9 Å². The first kappa shape index (κ1) is 33.6. The van der Waals surface area contributed by atoms with E-state index < -0.39 is 11.2 Å². The minimum Gasteiger partial charge on any atom is -0.444 e. The van der Waals surface area contributed by atoms with Crippen molar-refractivity contribution in [3.63, 3.8) is 0 Å². The largest absolute Gasteiger partial charge is 0.444 e. The Bertz CT molecular complexity index is 1760. The number of hydrogen-bond donors (Lipinski definition) is 2. The van der Waals surface area contributed by atoms with E-state index in [-0.39, 0.29) is 18.2 Å². The minimum absolute atomic E-state index is 0.130. The van der Waals surface area contributed by atoms with E-state index in [0.29, 0.717) is 31.2 Å². The second-order valence-electron chi connectivity index (χ2n) is 14.0. The molecule has 0 radical (unpaired) electrons. The highest BCUT2D eigenvalue weighted by atomic mass is 16.6. The van der Waals surface area contributed by atoms with Gasteiger partial charge in [-0.2, -0.15) is 0 Å². The zero-order valence-corrected chi connectivity index (χ0v) is 28.6. The summed E-state index contributed by atoms with van der Waals surface area (Å²) < 4.78 is 11.2. The third-order valence-electron chi connectivity index (χ3n) is 7.66. The predicted octanol–water partition coefficient (Wildman–Crippen LogP) is 7.96. The second kappa shape index (κ2) is 13.9. The summed E-state index contributed by atoms with van der Waals surface area (Å²) in [6, 6.07) is 14.1. The highest BCUT2D eigenvalue weighted by Crippen LogP contribution is 2.33. The van der Waals surface area contributed by atoms with Crippen LogP contribution in [-0.4, -0.2) is 66.2 Å². The van der Waals surface area contributed by atoms with Gasteiger partial charge in [0.25, 0.3) is 0 Å². The molecule has 4 aromatic rings. The predicted molar refractivity (Wildman–Crippen MR) is 183 cm³/mol. The van der Waals surface area contributed by atoms with Crippen molar-refractivity contribution in [1.29, 1.82) is 0 Å². The summed E-state index contributed by atoms with van der Waals surface area (Å²) in [6.07, 6.45) is 4.72. The standard InChI is InChI=1S/C37H46N6O4/c1-8-9-20-42(34(44)46-36(2,3)4)24-32-38-23-28(39-32)18-14-25-12-15-26(16-13-25)27-17-19-29-30(22-27)41-33(40-29)31-11-10-21-43(31)35(45)47-37(5,6)7/h12-13,15-17,19,22-23,31H,8-11,20-21,24H2,1-7H3,(H,38,39)(H,40,41)/t31-/m0/s1. The van der Waals surface area contributed by atoms with E-state index in [1.165, 1.54) is 0 Å². The van der Waals surface area contributed by atoms with Crippen molar-refractivity contribution in [2.45, 2.75) is 97.9 Å². The zero-order chi connectivity index (χ0) is 33.8. The molecule has 2 amide bonds. The molecule has 1 saturated heterocycles. The van der Waals surface area contributed by atoms with E-state index in [0.717, 1.165) is 59.2 Å². The van der Waals surface area contributed by atoms with E-state index in [2.05, 4.69) is 45.8 Å². The number of unbranched alkanes of at least 4 members (excludes halogenated alkanes) is 1. The van der Waals surface area contributed by atoms with Crippen LogP contribution >= 0.6 is 0 Å². The summed E-state index contributed by atoms with van der Waals surface area (Å²) in [7, 11) is 0. The van der Waals surface area contributed by atoms with Crippen LogP contribution in [0.4, 0.5) is 9.59 Å². The van der Waals surface area contributed by atoms with E-state index >= 15 is 0 Å². The van der Waals surface area contributed by atoms with E-state index in [9.17, 15) is 9.59 Å². The molecule has 2 N–H and O–H groups in total. The van der Waals surface area contributed by atoms with E-state index in [1.54, 1.807) is 16.0 Å². The number of benzene rings is 2. The van der Waals surface area contributed by atoms with Crippen LogP contribution in [0, 0.1) is 11.8 Å². The van der Waals surface area contributed by atoms with Gasteiger partial charge in [-0.05, 0) is 102 Å². The topological polar surface area (TPSA) is 116 Å². The Hall–Kier alpha value is -4.78. The fraction of sp³-hybridized carbons (Fsp3) is 0.459. The Morgan fingerprint density at radius 3 is 2.40 bits per heavy atom. The molecule has 1 aliphatic rings. The van der Waals surface area contributed by atoms with Gasteiger partial charge in [-0.15, -0.1) is 0 Å². The van der Waals surface area contributed by atoms with Crippen LogP contribution < -0.4 is 0 Å². The van der Waals surface area contributed by atoms with Gasteiger partial charge in [-0.25, -0.2) is 19.6 Å². The van der Waals surface area contributed by atoms with Gasteiger partial charge in [0.05, 0.1) is 23.6 Å². The monoisotopic (exact) mass is 638 g/mol. The number of ether oxygens (including phenoxy) is 2. The smallest absolute Gasteiger partial charge is 0.410 e. The highest BCUT2D eigenvalue weighted by molar-refractivity contribution is 5.82. The maximum Gasteiger partial charge on any atom is 0.410 e. The first-order valence-corrected chi connectivity index (χ1v) is 16.4. The molecule has 3 heterocycles. The molecule has 2 aromatic heterocycles. The lowest BCUT2D eigenvalue weighted by Crippen LogP contribution is -2.37. The number of rotatable bonds is 7. The summed E-state index contributed by atoms with van der Waals surface area (Å²) in [5.74, 6) is 7.76. The second-order valence-corrected chi connectivity index (χ2v) is 14.0. The van der Waals surface area contributed by atoms with Crippen molar-refractivity contribution in [2.24, 2.45) is 0 Å². The van der Waals surface area contributed by atoms with Crippen LogP contribution in [0.25, 0.3) is 22.2 Å². The van der Waals surface area contributed by atoms with Gasteiger partial charge < -0.3 is 24.3 Å². The molecule has 0 spiro atoms. The molecule has 1 atom stereocenters. The van der Waals surface area contributed by atoms with Gasteiger partial charge in [-0.3, -0.25) is 4.90 Å². The Morgan fingerprint density at radius 1 is 0.979 bits per heavy atom. The lowest BCUT2D eigenvalue weighted by atomic mass is 10.0. The van der Waals surface area contributed by atoms with Gasteiger partial charge in [0.15, 0.2) is 0 Å². The van der Waals surface area contributed by atoms with E-state index in [4.69, 9.17) is 14.5 Å². The number of imidazole rings is 2. The van der Waals surface area contributed by atoms with Crippen molar-refractivity contribution in [3.05, 3.63) is 71.6 Å². The minimum atomic E-state index is -0.561. The normalized spacial score (nSPS) is 15.0. The Labute approximate surface area is 277 Å². The van der Waals surface area contributed by atoms with Crippen LogP contribution in [0.2, 0.25) is 0 Å². The molecule has 10 nitrogen and oxygen atoms in total. The molecule has 0 bridgehead atoms. The summed E-state index contributed by atoms with van der Waals surface area (Å²) in [5.41, 5.74) is 4.24. The number of nitrogens with zero attached hydrogens (tertiary/aromatic N) is 4. The van der Waals surface area contributed by atoms with Crippen LogP contribution in [0.5, 0.6) is 0 Å². The first-order valence-electron chi connectivity index (χ1n) is 16.4. The van der Waals surface area contributed by atoms with Gasteiger partial charge in [-0.1, -0.05) is 37.5 Å². The number of carbonyl (C=O) groups is 2. The summed E-state index contributed by atoms with van der Waals surface area (Å²) in [6.45, 7) is 14.9. The molecule has 5 rings (SSSR count).